The zero-order chi connectivity index (χ0) is 13.2. The van der Waals surface area contributed by atoms with Gasteiger partial charge in [0.2, 0.25) is 11.6 Å². The molecule has 0 amide bonds. The topological polar surface area (TPSA) is 66.6 Å². The van der Waals surface area contributed by atoms with Crippen molar-refractivity contribution in [2.75, 3.05) is 0 Å². The Labute approximate surface area is 111 Å². The van der Waals surface area contributed by atoms with Crippen LogP contribution in [0.2, 0.25) is 0 Å². The molecular weight excluding hydrogens is 237 g/mol. The standard InChI is InChI=1S/C14H10BN3O/c16-9-15-6-11-8-17-14(18-12(11)7-15)13(19)10-4-2-1-3-5-10/h1-5,8H,6-7H2. The first kappa shape index (κ1) is 11.6. The van der Waals surface area contributed by atoms with E-state index in [2.05, 4.69) is 15.9 Å². The Balaban J connectivity index is 1.93. The third-order valence-corrected chi connectivity index (χ3v) is 3.28. The van der Waals surface area contributed by atoms with Crippen molar-refractivity contribution in [3.8, 4) is 5.97 Å². The van der Waals surface area contributed by atoms with Crippen LogP contribution < -0.4 is 0 Å². The van der Waals surface area contributed by atoms with Crippen molar-refractivity contribution >= 4 is 12.5 Å². The van der Waals surface area contributed by atoms with Gasteiger partial charge in [-0.3, -0.25) is 4.79 Å². The summed E-state index contributed by atoms with van der Waals surface area (Å²) in [6.45, 7) is -0.0358. The van der Waals surface area contributed by atoms with E-state index >= 15 is 0 Å². The molecular formula is C14H10BN3O. The lowest BCUT2D eigenvalue weighted by Gasteiger charge is -2.02. The molecule has 0 spiro atoms. The van der Waals surface area contributed by atoms with Crippen LogP contribution in [-0.4, -0.2) is 22.5 Å². The fourth-order valence-electron chi connectivity index (χ4n) is 2.28. The maximum absolute atomic E-state index is 12.2. The summed E-state index contributed by atoms with van der Waals surface area (Å²) in [4.78, 5) is 20.6. The van der Waals surface area contributed by atoms with Crippen molar-refractivity contribution < 1.29 is 4.79 Å². The number of carbonyl (C=O) groups excluding carboxylic acids is 1. The number of benzene rings is 1. The molecule has 2 heterocycles. The van der Waals surface area contributed by atoms with E-state index in [4.69, 9.17) is 5.26 Å². The van der Waals surface area contributed by atoms with Crippen molar-refractivity contribution in [3.63, 3.8) is 0 Å². The van der Waals surface area contributed by atoms with E-state index in [-0.39, 0.29) is 18.3 Å². The van der Waals surface area contributed by atoms with Gasteiger partial charge in [0.05, 0.1) is 0 Å². The predicted molar refractivity (Wildman–Crippen MR) is 70.7 cm³/mol. The van der Waals surface area contributed by atoms with Crippen molar-refractivity contribution in [2.45, 2.75) is 12.6 Å². The number of ketones is 1. The molecule has 1 aliphatic heterocycles. The summed E-state index contributed by atoms with van der Waals surface area (Å²) in [6.07, 6.45) is 2.98. The van der Waals surface area contributed by atoms with Gasteiger partial charge in [0.25, 0.3) is 6.71 Å². The molecule has 19 heavy (non-hydrogen) atoms. The van der Waals surface area contributed by atoms with Crippen molar-refractivity contribution in [1.29, 1.82) is 5.26 Å². The second-order valence-corrected chi connectivity index (χ2v) is 4.59. The van der Waals surface area contributed by atoms with Gasteiger partial charge in [-0.15, -0.1) is 0 Å². The minimum Gasteiger partial charge on any atom is -0.285 e. The molecule has 5 heteroatoms. The quantitative estimate of drug-likeness (QED) is 0.594. The number of rotatable bonds is 2. The summed E-state index contributed by atoms with van der Waals surface area (Å²) in [6, 6.07) is 8.98. The van der Waals surface area contributed by atoms with Crippen LogP contribution in [0.3, 0.4) is 0 Å². The fourth-order valence-corrected chi connectivity index (χ4v) is 2.28. The second-order valence-electron chi connectivity index (χ2n) is 4.59. The number of hydrogen-bond donors (Lipinski definition) is 0. The molecule has 1 aromatic carbocycles. The molecule has 0 N–H and O–H groups in total. The van der Waals surface area contributed by atoms with Crippen LogP contribution in [0, 0.1) is 11.2 Å². The van der Waals surface area contributed by atoms with Crippen LogP contribution in [0.4, 0.5) is 0 Å². The van der Waals surface area contributed by atoms with Crippen LogP contribution in [0.1, 0.15) is 27.4 Å². The number of aromatic nitrogens is 2. The monoisotopic (exact) mass is 247 g/mol. The molecule has 2 aromatic rings. The summed E-state index contributed by atoms with van der Waals surface area (Å²) in [7, 11) is 0. The SMILES string of the molecule is N#CB1Cc2cnc(C(=O)c3ccccc3)nc2C1. The van der Waals surface area contributed by atoms with Gasteiger partial charge >= 0.3 is 0 Å². The first-order valence-corrected chi connectivity index (χ1v) is 6.12. The van der Waals surface area contributed by atoms with Gasteiger partial charge in [-0.05, 0) is 18.2 Å². The van der Waals surface area contributed by atoms with Gasteiger partial charge in [0, 0.05) is 23.4 Å². The minimum absolute atomic E-state index is 0.0358. The highest BCUT2D eigenvalue weighted by Gasteiger charge is 2.28. The van der Waals surface area contributed by atoms with E-state index in [9.17, 15) is 4.79 Å². The summed E-state index contributed by atoms with van der Waals surface area (Å²) in [5.41, 5.74) is 2.40. The molecule has 4 nitrogen and oxygen atoms in total. The molecule has 90 valence electrons. The maximum atomic E-state index is 12.2. The molecule has 0 saturated carbocycles. The van der Waals surface area contributed by atoms with Crippen LogP contribution in [0.25, 0.3) is 0 Å². The Morgan fingerprint density at radius 3 is 2.79 bits per heavy atom. The minimum atomic E-state index is -0.177. The average Bonchev–Trinajstić information content (AvgIpc) is 2.89. The third-order valence-electron chi connectivity index (χ3n) is 3.28. The Kier molecular flexibility index (Phi) is 2.84. The average molecular weight is 247 g/mol. The van der Waals surface area contributed by atoms with Gasteiger partial charge in [0.15, 0.2) is 0 Å². The van der Waals surface area contributed by atoms with E-state index in [1.54, 1.807) is 18.3 Å². The summed E-state index contributed by atoms with van der Waals surface area (Å²) in [5, 5.41) is 8.93. The number of hydrogen-bond acceptors (Lipinski definition) is 4. The second kappa shape index (κ2) is 4.66. The van der Waals surface area contributed by atoms with E-state index < -0.39 is 0 Å². The maximum Gasteiger partial charge on any atom is 0.278 e. The summed E-state index contributed by atoms with van der Waals surface area (Å²) >= 11 is 0. The number of fused-ring (bicyclic) bond motifs is 1. The molecule has 1 aromatic heterocycles. The van der Waals surface area contributed by atoms with Crippen LogP contribution >= 0.6 is 0 Å². The van der Waals surface area contributed by atoms with Gasteiger partial charge in [-0.2, -0.15) is 0 Å². The highest BCUT2D eigenvalue weighted by atomic mass is 16.1. The van der Waals surface area contributed by atoms with E-state index in [1.165, 1.54) is 0 Å². The van der Waals surface area contributed by atoms with Crippen molar-refractivity contribution in [3.05, 3.63) is 59.2 Å². The molecule has 3 rings (SSSR count). The number of carbonyl (C=O) groups is 1. The van der Waals surface area contributed by atoms with E-state index in [0.717, 1.165) is 11.3 Å². The highest BCUT2D eigenvalue weighted by molar-refractivity contribution is 6.66. The van der Waals surface area contributed by atoms with Crippen LogP contribution in [-0.2, 0) is 12.6 Å². The van der Waals surface area contributed by atoms with Crippen LogP contribution in [0.15, 0.2) is 36.5 Å². The lowest BCUT2D eigenvalue weighted by atomic mass is 9.49. The first-order chi connectivity index (χ1) is 9.28. The zero-order valence-corrected chi connectivity index (χ0v) is 10.2. The number of nitrogens with zero attached hydrogens (tertiary/aromatic N) is 3. The van der Waals surface area contributed by atoms with Crippen LogP contribution in [0.5, 0.6) is 0 Å². The lowest BCUT2D eigenvalue weighted by molar-refractivity contribution is 0.102. The molecule has 0 aliphatic carbocycles. The fraction of sp³-hybridized carbons (Fsp3) is 0.143. The molecule has 0 radical (unpaired) electrons. The normalized spacial score (nSPS) is 12.9. The Bertz CT molecular complexity index is 679. The largest absolute Gasteiger partial charge is 0.285 e. The van der Waals surface area contributed by atoms with Gasteiger partial charge in [-0.25, -0.2) is 15.2 Å². The van der Waals surface area contributed by atoms with Gasteiger partial charge in [-0.1, -0.05) is 30.3 Å². The molecule has 0 fully saturated rings. The third kappa shape index (κ3) is 2.13. The Morgan fingerprint density at radius 2 is 2.05 bits per heavy atom. The van der Waals surface area contributed by atoms with Gasteiger partial charge in [0.1, 0.15) is 0 Å². The smallest absolute Gasteiger partial charge is 0.278 e. The van der Waals surface area contributed by atoms with E-state index in [1.807, 2.05) is 18.2 Å². The van der Waals surface area contributed by atoms with Crippen molar-refractivity contribution in [1.82, 2.24) is 9.97 Å². The summed E-state index contributed by atoms with van der Waals surface area (Å²) < 4.78 is 0. The first-order valence-electron chi connectivity index (χ1n) is 6.12. The van der Waals surface area contributed by atoms with E-state index in [0.29, 0.717) is 18.2 Å². The molecule has 0 unspecified atom stereocenters. The van der Waals surface area contributed by atoms with Gasteiger partial charge < -0.3 is 0 Å². The Hall–Kier alpha value is -2.48. The summed E-state index contributed by atoms with van der Waals surface area (Å²) in [5.74, 6) is 2.27. The molecule has 0 atom stereocenters. The zero-order valence-electron chi connectivity index (χ0n) is 10.2. The Morgan fingerprint density at radius 1 is 1.26 bits per heavy atom. The predicted octanol–water partition coefficient (Wildman–Crippen LogP) is 1.44. The molecule has 1 aliphatic rings. The molecule has 0 saturated heterocycles. The number of nitriles is 1. The highest BCUT2D eigenvalue weighted by Crippen LogP contribution is 2.19. The van der Waals surface area contributed by atoms with Crippen molar-refractivity contribution in [2.24, 2.45) is 0 Å². The lowest BCUT2D eigenvalue weighted by Crippen LogP contribution is -2.10. The molecule has 0 bridgehead atoms.